The first-order valence-electron chi connectivity index (χ1n) is 10.7. The maximum absolute atomic E-state index is 13.0. The predicted octanol–water partition coefficient (Wildman–Crippen LogP) is 2.03. The van der Waals surface area contributed by atoms with Crippen LogP contribution in [0.1, 0.15) is 57.3 Å². The van der Waals surface area contributed by atoms with Gasteiger partial charge in [-0.15, -0.1) is 0 Å². The first-order valence-corrected chi connectivity index (χ1v) is 10.7. The van der Waals surface area contributed by atoms with Gasteiger partial charge in [0.05, 0.1) is 12.3 Å². The number of amides is 4. The quantitative estimate of drug-likeness (QED) is 0.710. The maximum Gasteiger partial charge on any atom is 0.325 e. The fourth-order valence-corrected chi connectivity index (χ4v) is 4.99. The van der Waals surface area contributed by atoms with Crippen LogP contribution >= 0.6 is 0 Å². The fourth-order valence-electron chi connectivity index (χ4n) is 4.99. The topological polar surface area (TPSA) is 94.9 Å². The van der Waals surface area contributed by atoms with Gasteiger partial charge in [-0.1, -0.05) is 19.8 Å². The van der Waals surface area contributed by atoms with Gasteiger partial charge in [0, 0.05) is 6.54 Å². The van der Waals surface area contributed by atoms with E-state index in [0.29, 0.717) is 13.0 Å². The van der Waals surface area contributed by atoms with E-state index in [1.165, 1.54) is 0 Å². The van der Waals surface area contributed by atoms with Crippen LogP contribution in [-0.2, 0) is 9.59 Å². The van der Waals surface area contributed by atoms with E-state index in [1.54, 1.807) is 6.26 Å². The SMILES string of the molecule is CC1CCCCC12NC(=O)N(CC(=O)NCC(c1ccco1)N1CCCC1)C2=O. The number of likely N-dealkylation sites (tertiary alicyclic amines) is 1. The normalized spacial score (nSPS) is 28.7. The van der Waals surface area contributed by atoms with Gasteiger partial charge < -0.3 is 15.1 Å². The Labute approximate surface area is 171 Å². The average Bonchev–Trinajstić information content (AvgIpc) is 3.45. The Hall–Kier alpha value is -2.35. The summed E-state index contributed by atoms with van der Waals surface area (Å²) in [6.45, 7) is 4.08. The third-order valence-corrected chi connectivity index (χ3v) is 6.75. The van der Waals surface area contributed by atoms with Gasteiger partial charge in [-0.05, 0) is 56.8 Å². The Kier molecular flexibility index (Phi) is 5.63. The van der Waals surface area contributed by atoms with Crippen molar-refractivity contribution in [2.45, 2.75) is 57.0 Å². The fraction of sp³-hybridized carbons (Fsp3) is 0.667. The molecule has 3 heterocycles. The number of carbonyl (C=O) groups excluding carboxylic acids is 3. The maximum atomic E-state index is 13.0. The summed E-state index contributed by atoms with van der Waals surface area (Å²) in [6.07, 6.45) is 7.44. The van der Waals surface area contributed by atoms with Gasteiger partial charge in [-0.3, -0.25) is 19.4 Å². The third kappa shape index (κ3) is 3.77. The minimum Gasteiger partial charge on any atom is -0.468 e. The van der Waals surface area contributed by atoms with E-state index >= 15 is 0 Å². The van der Waals surface area contributed by atoms with Crippen molar-refractivity contribution in [1.82, 2.24) is 20.4 Å². The van der Waals surface area contributed by atoms with E-state index in [4.69, 9.17) is 4.42 Å². The van der Waals surface area contributed by atoms with Crippen LogP contribution in [0.5, 0.6) is 0 Å². The largest absolute Gasteiger partial charge is 0.468 e. The number of carbonyl (C=O) groups is 3. The number of urea groups is 1. The highest BCUT2D eigenvalue weighted by Gasteiger charge is 2.55. The first kappa shape index (κ1) is 19.9. The molecule has 29 heavy (non-hydrogen) atoms. The first-order chi connectivity index (χ1) is 14.0. The van der Waals surface area contributed by atoms with Crippen molar-refractivity contribution in [2.24, 2.45) is 5.92 Å². The molecule has 1 saturated carbocycles. The number of hydrogen-bond donors (Lipinski definition) is 2. The lowest BCUT2D eigenvalue weighted by Crippen LogP contribution is -2.54. The van der Waals surface area contributed by atoms with Crippen LogP contribution < -0.4 is 10.6 Å². The molecule has 1 aliphatic carbocycles. The van der Waals surface area contributed by atoms with Crippen LogP contribution in [0.3, 0.4) is 0 Å². The Balaban J connectivity index is 1.37. The molecule has 2 saturated heterocycles. The minimum atomic E-state index is -0.831. The van der Waals surface area contributed by atoms with E-state index in [2.05, 4.69) is 15.5 Å². The van der Waals surface area contributed by atoms with Gasteiger partial charge in [-0.2, -0.15) is 0 Å². The lowest BCUT2D eigenvalue weighted by Gasteiger charge is -2.36. The molecule has 3 fully saturated rings. The van der Waals surface area contributed by atoms with Crippen molar-refractivity contribution in [3.63, 3.8) is 0 Å². The van der Waals surface area contributed by atoms with E-state index in [9.17, 15) is 14.4 Å². The van der Waals surface area contributed by atoms with E-state index in [-0.39, 0.29) is 30.3 Å². The standard InChI is InChI=1S/C21H30N4O4/c1-15-7-2-3-9-21(15)19(27)25(20(28)23-21)14-18(26)22-13-16(17-8-6-12-29-17)24-10-4-5-11-24/h6,8,12,15-16H,2-5,7,9-11,13-14H2,1H3,(H,22,26)(H,23,28). The second kappa shape index (κ2) is 8.18. The van der Waals surface area contributed by atoms with Gasteiger partial charge in [-0.25, -0.2) is 4.79 Å². The summed E-state index contributed by atoms with van der Waals surface area (Å²) < 4.78 is 5.57. The highest BCUT2D eigenvalue weighted by molar-refractivity contribution is 6.09. The molecule has 8 heteroatoms. The number of nitrogens with zero attached hydrogens (tertiary/aromatic N) is 2. The lowest BCUT2D eigenvalue weighted by molar-refractivity contribution is -0.137. The molecule has 8 nitrogen and oxygen atoms in total. The van der Waals surface area contributed by atoms with Crippen molar-refractivity contribution in [1.29, 1.82) is 0 Å². The Morgan fingerprint density at radius 1 is 1.31 bits per heavy atom. The summed E-state index contributed by atoms with van der Waals surface area (Å²) in [7, 11) is 0. The number of furan rings is 1. The summed E-state index contributed by atoms with van der Waals surface area (Å²) in [5, 5.41) is 5.79. The van der Waals surface area contributed by atoms with Crippen LogP contribution in [0.15, 0.2) is 22.8 Å². The minimum absolute atomic E-state index is 0.0377. The molecule has 1 spiro atoms. The smallest absolute Gasteiger partial charge is 0.325 e. The van der Waals surface area contributed by atoms with Gasteiger partial charge in [0.15, 0.2) is 0 Å². The number of hydrogen-bond acceptors (Lipinski definition) is 5. The summed E-state index contributed by atoms with van der Waals surface area (Å²) in [5.74, 6) is 0.313. The zero-order chi connectivity index (χ0) is 20.4. The summed E-state index contributed by atoms with van der Waals surface area (Å²) in [6, 6.07) is 3.27. The molecular weight excluding hydrogens is 372 g/mol. The molecule has 1 aromatic heterocycles. The molecule has 0 radical (unpaired) electrons. The average molecular weight is 402 g/mol. The van der Waals surface area contributed by atoms with Gasteiger partial charge in [0.2, 0.25) is 5.91 Å². The number of nitrogens with one attached hydrogen (secondary N) is 2. The van der Waals surface area contributed by atoms with Crippen molar-refractivity contribution >= 4 is 17.8 Å². The highest BCUT2D eigenvalue weighted by atomic mass is 16.3. The van der Waals surface area contributed by atoms with Crippen molar-refractivity contribution in [2.75, 3.05) is 26.2 Å². The molecular formula is C21H30N4O4. The molecule has 4 amide bonds. The second-order valence-corrected chi connectivity index (χ2v) is 8.52. The third-order valence-electron chi connectivity index (χ3n) is 6.75. The number of imide groups is 1. The molecule has 3 aliphatic rings. The molecule has 1 aromatic rings. The van der Waals surface area contributed by atoms with Crippen LogP contribution in [0.4, 0.5) is 4.79 Å². The molecule has 4 rings (SSSR count). The summed E-state index contributed by atoms with van der Waals surface area (Å²) in [5.41, 5.74) is -0.831. The lowest BCUT2D eigenvalue weighted by atomic mass is 9.73. The van der Waals surface area contributed by atoms with E-state index < -0.39 is 11.6 Å². The molecule has 3 unspecified atom stereocenters. The van der Waals surface area contributed by atoms with Gasteiger partial charge in [0.25, 0.3) is 5.91 Å². The van der Waals surface area contributed by atoms with Gasteiger partial charge >= 0.3 is 6.03 Å². The Bertz CT molecular complexity index is 759. The van der Waals surface area contributed by atoms with Crippen molar-refractivity contribution in [3.05, 3.63) is 24.2 Å². The zero-order valence-corrected chi connectivity index (χ0v) is 17.0. The molecule has 0 bridgehead atoms. The second-order valence-electron chi connectivity index (χ2n) is 8.52. The van der Waals surface area contributed by atoms with Crippen LogP contribution in [0.2, 0.25) is 0 Å². The Morgan fingerprint density at radius 2 is 2.10 bits per heavy atom. The van der Waals surface area contributed by atoms with Crippen LogP contribution in [0, 0.1) is 5.92 Å². The molecule has 158 valence electrons. The van der Waals surface area contributed by atoms with Gasteiger partial charge in [0.1, 0.15) is 17.8 Å². The van der Waals surface area contributed by atoms with E-state index in [1.807, 2.05) is 19.1 Å². The van der Waals surface area contributed by atoms with Crippen LogP contribution in [-0.4, -0.2) is 59.4 Å². The zero-order valence-electron chi connectivity index (χ0n) is 17.0. The Morgan fingerprint density at radius 3 is 2.79 bits per heavy atom. The van der Waals surface area contributed by atoms with Crippen molar-refractivity contribution < 1.29 is 18.8 Å². The summed E-state index contributed by atoms with van der Waals surface area (Å²) >= 11 is 0. The van der Waals surface area contributed by atoms with Crippen LogP contribution in [0.25, 0.3) is 0 Å². The van der Waals surface area contributed by atoms with E-state index in [0.717, 1.165) is 55.9 Å². The molecule has 3 atom stereocenters. The molecule has 0 aromatic carbocycles. The molecule has 2 N–H and O–H groups in total. The molecule has 2 aliphatic heterocycles. The summed E-state index contributed by atoms with van der Waals surface area (Å²) in [4.78, 5) is 41.4. The monoisotopic (exact) mass is 402 g/mol. The predicted molar refractivity (Wildman–Crippen MR) is 106 cm³/mol. The highest BCUT2D eigenvalue weighted by Crippen LogP contribution is 2.38. The van der Waals surface area contributed by atoms with Crippen molar-refractivity contribution in [3.8, 4) is 0 Å². The number of rotatable bonds is 6.